The monoisotopic (exact) mass is 245 g/mol. The van der Waals surface area contributed by atoms with Crippen LogP contribution in [-0.2, 0) is 6.42 Å². The highest BCUT2D eigenvalue weighted by Gasteiger charge is 2.37. The quantitative estimate of drug-likeness (QED) is 0.860. The molecule has 1 aromatic rings. The maximum Gasteiger partial charge on any atom is 0.118 e. The summed E-state index contributed by atoms with van der Waals surface area (Å²) in [6, 6.07) is 3.03. The lowest BCUT2D eigenvalue weighted by Crippen LogP contribution is -2.22. The van der Waals surface area contributed by atoms with Crippen molar-refractivity contribution >= 4 is 23.2 Å². The minimum absolute atomic E-state index is 0.00451. The highest BCUT2D eigenvalue weighted by atomic mass is 35.5. The zero-order chi connectivity index (χ0) is 11.1. The van der Waals surface area contributed by atoms with E-state index in [1.165, 1.54) is 12.1 Å². The average molecular weight is 246 g/mol. The molecule has 1 aromatic carbocycles. The summed E-state index contributed by atoms with van der Waals surface area (Å²) in [5.41, 5.74) is 6.88. The predicted molar refractivity (Wildman–Crippen MR) is 62.6 cm³/mol. The van der Waals surface area contributed by atoms with Crippen molar-refractivity contribution in [1.29, 1.82) is 0 Å². The van der Waals surface area contributed by atoms with Crippen LogP contribution in [0.2, 0.25) is 10.0 Å². The topological polar surface area (TPSA) is 46.2 Å². The molecule has 0 aromatic heterocycles. The van der Waals surface area contributed by atoms with Crippen molar-refractivity contribution in [2.45, 2.75) is 31.2 Å². The molecular weight excluding hydrogens is 233 g/mol. The van der Waals surface area contributed by atoms with Crippen molar-refractivity contribution in [3.05, 3.63) is 27.7 Å². The van der Waals surface area contributed by atoms with Crippen molar-refractivity contribution in [3.63, 3.8) is 0 Å². The Bertz CT molecular complexity index is 365. The van der Waals surface area contributed by atoms with Crippen LogP contribution in [0.5, 0.6) is 5.75 Å². The lowest BCUT2D eigenvalue weighted by molar-refractivity contribution is 0.475. The lowest BCUT2D eigenvalue weighted by atomic mass is 10.0. The summed E-state index contributed by atoms with van der Waals surface area (Å²) < 4.78 is 0. The van der Waals surface area contributed by atoms with E-state index >= 15 is 0 Å². The molecule has 3 N–H and O–H groups in total. The number of nitrogens with two attached hydrogens (primary N) is 1. The van der Waals surface area contributed by atoms with Gasteiger partial charge in [-0.25, -0.2) is 0 Å². The van der Waals surface area contributed by atoms with Gasteiger partial charge in [0, 0.05) is 15.6 Å². The molecule has 0 heterocycles. The molecule has 0 unspecified atom stereocenters. The van der Waals surface area contributed by atoms with E-state index in [4.69, 9.17) is 28.9 Å². The minimum Gasteiger partial charge on any atom is -0.508 e. The number of halogens is 2. The number of phenolic OH excluding ortho intramolecular Hbond substituents is 1. The predicted octanol–water partition coefficient (Wildman–Crippen LogP) is 3.12. The summed E-state index contributed by atoms with van der Waals surface area (Å²) in [7, 11) is 0. The molecule has 0 bridgehead atoms. The number of hydrogen-bond acceptors (Lipinski definition) is 2. The van der Waals surface area contributed by atoms with Gasteiger partial charge in [-0.15, -0.1) is 0 Å². The van der Waals surface area contributed by atoms with Crippen LogP contribution in [0.3, 0.4) is 0 Å². The van der Waals surface area contributed by atoms with Crippen LogP contribution in [0.25, 0.3) is 0 Å². The fourth-order valence-corrected chi connectivity index (χ4v) is 2.28. The van der Waals surface area contributed by atoms with Crippen LogP contribution in [0, 0.1) is 0 Å². The van der Waals surface area contributed by atoms with Gasteiger partial charge in [0.2, 0.25) is 0 Å². The van der Waals surface area contributed by atoms with E-state index in [1.807, 2.05) is 0 Å². The summed E-state index contributed by atoms with van der Waals surface area (Å²) in [4.78, 5) is 0. The second kappa shape index (κ2) is 3.85. The summed E-state index contributed by atoms with van der Waals surface area (Å²) in [5.74, 6) is 0.0997. The van der Waals surface area contributed by atoms with Crippen LogP contribution < -0.4 is 5.73 Å². The first-order chi connectivity index (χ1) is 7.00. The van der Waals surface area contributed by atoms with Crippen molar-refractivity contribution < 1.29 is 5.11 Å². The number of aromatic hydroxyl groups is 1. The maximum atomic E-state index is 9.27. The zero-order valence-corrected chi connectivity index (χ0v) is 9.78. The van der Waals surface area contributed by atoms with Crippen molar-refractivity contribution in [2.75, 3.05) is 0 Å². The molecule has 4 heteroatoms. The van der Waals surface area contributed by atoms with E-state index in [1.54, 1.807) is 0 Å². The molecule has 1 aliphatic carbocycles. The van der Waals surface area contributed by atoms with Gasteiger partial charge in [0.05, 0.1) is 0 Å². The molecule has 0 radical (unpaired) electrons. The molecule has 15 heavy (non-hydrogen) atoms. The van der Waals surface area contributed by atoms with E-state index in [0.717, 1.165) is 31.2 Å². The van der Waals surface area contributed by atoms with Gasteiger partial charge in [-0.1, -0.05) is 23.2 Å². The van der Waals surface area contributed by atoms with E-state index in [0.29, 0.717) is 10.0 Å². The van der Waals surface area contributed by atoms with Gasteiger partial charge in [-0.2, -0.15) is 0 Å². The Morgan fingerprint density at radius 2 is 1.80 bits per heavy atom. The second-order valence-corrected chi connectivity index (χ2v) is 5.06. The zero-order valence-electron chi connectivity index (χ0n) is 8.26. The molecule has 0 amide bonds. The lowest BCUT2D eigenvalue weighted by Gasteiger charge is -2.11. The van der Waals surface area contributed by atoms with Crippen LogP contribution in [0.15, 0.2) is 12.1 Å². The van der Waals surface area contributed by atoms with Gasteiger partial charge in [-0.3, -0.25) is 0 Å². The summed E-state index contributed by atoms with van der Waals surface area (Å²) >= 11 is 12.0. The van der Waals surface area contributed by atoms with Crippen molar-refractivity contribution in [1.82, 2.24) is 0 Å². The second-order valence-electron chi connectivity index (χ2n) is 4.25. The molecule has 82 valence electrons. The number of benzene rings is 1. The minimum atomic E-state index is 0.00451. The van der Waals surface area contributed by atoms with E-state index in [2.05, 4.69) is 0 Å². The Balaban J connectivity index is 2.13. The van der Waals surface area contributed by atoms with Gasteiger partial charge in [0.1, 0.15) is 5.75 Å². The van der Waals surface area contributed by atoms with Crippen molar-refractivity contribution in [3.8, 4) is 5.75 Å². The van der Waals surface area contributed by atoms with Gasteiger partial charge in [-0.05, 0) is 43.4 Å². The van der Waals surface area contributed by atoms with Crippen LogP contribution >= 0.6 is 23.2 Å². The highest BCUT2D eigenvalue weighted by Crippen LogP contribution is 2.39. The van der Waals surface area contributed by atoms with E-state index in [9.17, 15) is 5.11 Å². The largest absolute Gasteiger partial charge is 0.508 e. The third-order valence-electron chi connectivity index (χ3n) is 2.89. The van der Waals surface area contributed by atoms with Gasteiger partial charge in [0.15, 0.2) is 0 Å². The molecule has 0 spiro atoms. The summed E-state index contributed by atoms with van der Waals surface area (Å²) in [6.07, 6.45) is 3.84. The molecule has 1 aliphatic rings. The number of rotatable bonds is 3. The highest BCUT2D eigenvalue weighted by molar-refractivity contribution is 6.36. The third-order valence-corrected chi connectivity index (χ3v) is 3.57. The Morgan fingerprint density at radius 1 is 1.27 bits per heavy atom. The number of phenols is 1. The Labute approximate surface area is 99.0 Å². The van der Waals surface area contributed by atoms with Gasteiger partial charge >= 0.3 is 0 Å². The fourth-order valence-electron chi connectivity index (χ4n) is 1.61. The van der Waals surface area contributed by atoms with Gasteiger partial charge in [0.25, 0.3) is 0 Å². The molecule has 0 saturated heterocycles. The fraction of sp³-hybridized carbons (Fsp3) is 0.455. The first kappa shape index (κ1) is 11.1. The van der Waals surface area contributed by atoms with E-state index < -0.39 is 0 Å². The third kappa shape index (κ3) is 2.57. The molecule has 1 saturated carbocycles. The Kier molecular flexibility index (Phi) is 2.84. The van der Waals surface area contributed by atoms with Crippen molar-refractivity contribution in [2.24, 2.45) is 5.73 Å². The van der Waals surface area contributed by atoms with Gasteiger partial charge < -0.3 is 10.8 Å². The number of hydrogen-bond donors (Lipinski definition) is 2. The first-order valence-electron chi connectivity index (χ1n) is 4.96. The Hall–Kier alpha value is -0.440. The van der Waals surface area contributed by atoms with E-state index in [-0.39, 0.29) is 11.3 Å². The smallest absolute Gasteiger partial charge is 0.118 e. The summed E-state index contributed by atoms with van der Waals surface area (Å²) in [5, 5.41) is 10.3. The SMILES string of the molecule is NC1(CCc2c(Cl)cc(O)cc2Cl)CC1. The first-order valence-corrected chi connectivity index (χ1v) is 5.72. The Morgan fingerprint density at radius 3 is 2.27 bits per heavy atom. The van der Waals surface area contributed by atoms with Crippen LogP contribution in [0.4, 0.5) is 0 Å². The molecule has 0 atom stereocenters. The normalized spacial score (nSPS) is 17.8. The summed E-state index contributed by atoms with van der Waals surface area (Å²) in [6.45, 7) is 0. The molecule has 1 fully saturated rings. The molecule has 2 rings (SSSR count). The van der Waals surface area contributed by atoms with Crippen LogP contribution in [-0.4, -0.2) is 10.6 Å². The average Bonchev–Trinajstić information content (AvgIpc) is 2.82. The molecule has 0 aliphatic heterocycles. The molecular formula is C11H13Cl2NO. The molecule has 2 nitrogen and oxygen atoms in total. The standard InChI is InChI=1S/C11H13Cl2NO/c12-9-5-7(15)6-10(13)8(9)1-2-11(14)3-4-11/h5-6,15H,1-4,14H2. The van der Waals surface area contributed by atoms with Crippen LogP contribution in [0.1, 0.15) is 24.8 Å². The maximum absolute atomic E-state index is 9.27.